The molecule has 0 aromatic rings. The van der Waals surface area contributed by atoms with E-state index in [1.54, 1.807) is 0 Å². The number of rotatable bonds is 9. The van der Waals surface area contributed by atoms with Crippen molar-refractivity contribution in [2.45, 2.75) is 34.0 Å². The van der Waals surface area contributed by atoms with Gasteiger partial charge in [0.2, 0.25) is 0 Å². The highest BCUT2D eigenvalue weighted by molar-refractivity contribution is 6.16. The highest BCUT2D eigenvalue weighted by Gasteiger charge is 2.21. The van der Waals surface area contributed by atoms with Crippen molar-refractivity contribution in [3.05, 3.63) is 11.8 Å². The SMILES string of the molecule is CCN(CC)C(OCC=C[SiH3])N(CC)CC. The Morgan fingerprint density at radius 3 is 1.75 bits per heavy atom. The molecule has 0 aromatic heterocycles. The first-order valence-corrected chi connectivity index (χ1v) is 7.61. The molecule has 0 aliphatic rings. The normalized spacial score (nSPS) is 12.7. The molecule has 0 atom stereocenters. The molecule has 0 bridgehead atoms. The van der Waals surface area contributed by atoms with E-state index in [9.17, 15) is 0 Å². The Bertz CT molecular complexity index is 168. The van der Waals surface area contributed by atoms with Crippen LogP contribution < -0.4 is 0 Å². The molecule has 0 N–H and O–H groups in total. The summed E-state index contributed by atoms with van der Waals surface area (Å²) < 4.78 is 5.96. The molecule has 96 valence electrons. The van der Waals surface area contributed by atoms with Crippen LogP contribution in [0.5, 0.6) is 0 Å². The maximum Gasteiger partial charge on any atom is 0.168 e. The monoisotopic (exact) mass is 244 g/mol. The van der Waals surface area contributed by atoms with E-state index in [1.807, 2.05) is 0 Å². The van der Waals surface area contributed by atoms with Crippen molar-refractivity contribution in [1.29, 1.82) is 0 Å². The van der Waals surface area contributed by atoms with Gasteiger partial charge in [0.25, 0.3) is 0 Å². The lowest BCUT2D eigenvalue weighted by atomic mass is 10.4. The highest BCUT2D eigenvalue weighted by Crippen LogP contribution is 2.07. The largest absolute Gasteiger partial charge is 0.345 e. The second-order valence-electron chi connectivity index (χ2n) is 3.67. The molecule has 16 heavy (non-hydrogen) atoms. The number of hydrogen-bond acceptors (Lipinski definition) is 3. The van der Waals surface area contributed by atoms with Crippen molar-refractivity contribution in [1.82, 2.24) is 9.80 Å². The van der Waals surface area contributed by atoms with Gasteiger partial charge in [0.05, 0.1) is 6.61 Å². The molecule has 0 spiro atoms. The summed E-state index contributed by atoms with van der Waals surface area (Å²) in [6.45, 7) is 13.6. The minimum absolute atomic E-state index is 0.128. The summed E-state index contributed by atoms with van der Waals surface area (Å²) in [6, 6.07) is 0. The summed E-state index contributed by atoms with van der Waals surface area (Å²) in [5.41, 5.74) is 2.17. The van der Waals surface area contributed by atoms with Crippen molar-refractivity contribution in [2.24, 2.45) is 0 Å². The lowest BCUT2D eigenvalue weighted by Gasteiger charge is -2.37. The van der Waals surface area contributed by atoms with Crippen LogP contribution in [0.3, 0.4) is 0 Å². The van der Waals surface area contributed by atoms with Crippen LogP contribution in [-0.2, 0) is 4.74 Å². The van der Waals surface area contributed by atoms with E-state index in [0.29, 0.717) is 0 Å². The molecule has 0 aliphatic carbocycles. The van der Waals surface area contributed by atoms with Gasteiger partial charge in [-0.3, -0.25) is 9.80 Å². The van der Waals surface area contributed by atoms with E-state index in [2.05, 4.69) is 49.3 Å². The smallest absolute Gasteiger partial charge is 0.168 e. The number of nitrogens with zero attached hydrogens (tertiary/aromatic N) is 2. The van der Waals surface area contributed by atoms with Crippen molar-refractivity contribution >= 4 is 10.2 Å². The van der Waals surface area contributed by atoms with Crippen LogP contribution in [0, 0.1) is 0 Å². The van der Waals surface area contributed by atoms with Crippen LogP contribution in [0.25, 0.3) is 0 Å². The Balaban J connectivity index is 4.45. The van der Waals surface area contributed by atoms with Crippen LogP contribution in [0.2, 0.25) is 0 Å². The topological polar surface area (TPSA) is 15.7 Å². The van der Waals surface area contributed by atoms with Gasteiger partial charge in [-0.2, -0.15) is 0 Å². The maximum atomic E-state index is 5.96. The molecule has 0 amide bonds. The Morgan fingerprint density at radius 2 is 1.44 bits per heavy atom. The molecular formula is C12H28N2OSi. The summed E-state index contributed by atoms with van der Waals surface area (Å²) in [5.74, 6) is 0. The lowest BCUT2D eigenvalue weighted by molar-refractivity contribution is -0.140. The minimum Gasteiger partial charge on any atom is -0.345 e. The summed E-state index contributed by atoms with van der Waals surface area (Å²) in [4.78, 5) is 4.71. The van der Waals surface area contributed by atoms with E-state index < -0.39 is 0 Å². The van der Waals surface area contributed by atoms with Gasteiger partial charge in [-0.1, -0.05) is 33.8 Å². The first-order chi connectivity index (χ1) is 7.74. The molecule has 0 aromatic carbocycles. The standard InChI is InChI=1S/C12H28N2OSi/c1-5-13(6-2)12(14(7-3)8-4)15-10-9-11-16/h9,11-12H,5-8,10H2,1-4,16H3. The van der Waals surface area contributed by atoms with E-state index in [1.165, 1.54) is 0 Å². The van der Waals surface area contributed by atoms with Gasteiger partial charge in [0, 0.05) is 10.2 Å². The zero-order valence-electron chi connectivity index (χ0n) is 11.6. The average Bonchev–Trinajstić information content (AvgIpc) is 2.31. The fourth-order valence-corrected chi connectivity index (χ4v) is 1.94. The molecule has 0 unspecified atom stereocenters. The quantitative estimate of drug-likeness (QED) is 0.442. The summed E-state index contributed by atoms with van der Waals surface area (Å²) in [7, 11) is 1.11. The first kappa shape index (κ1) is 15.8. The highest BCUT2D eigenvalue weighted by atomic mass is 28.1. The zero-order chi connectivity index (χ0) is 12.4. The van der Waals surface area contributed by atoms with Gasteiger partial charge in [-0.05, 0) is 26.2 Å². The molecule has 0 heterocycles. The summed E-state index contributed by atoms with van der Waals surface area (Å²) in [6.07, 6.45) is 2.24. The first-order valence-electron chi connectivity index (χ1n) is 6.45. The number of hydrogen-bond donors (Lipinski definition) is 0. The van der Waals surface area contributed by atoms with E-state index in [0.717, 1.165) is 43.0 Å². The van der Waals surface area contributed by atoms with Crippen LogP contribution in [0.1, 0.15) is 27.7 Å². The van der Waals surface area contributed by atoms with Crippen molar-refractivity contribution < 1.29 is 4.74 Å². The molecule has 0 saturated heterocycles. The third-order valence-corrected chi connectivity index (χ3v) is 3.30. The second kappa shape index (κ2) is 10.0. The molecule has 4 heteroatoms. The van der Waals surface area contributed by atoms with Crippen LogP contribution in [0.15, 0.2) is 11.8 Å². The van der Waals surface area contributed by atoms with Crippen molar-refractivity contribution in [2.75, 3.05) is 32.8 Å². The van der Waals surface area contributed by atoms with Gasteiger partial charge >= 0.3 is 0 Å². The Labute approximate surface area is 104 Å². The summed E-state index contributed by atoms with van der Waals surface area (Å²) >= 11 is 0. The minimum atomic E-state index is 0.128. The van der Waals surface area contributed by atoms with Gasteiger partial charge in [-0.25, -0.2) is 0 Å². The fourth-order valence-electron chi connectivity index (χ4n) is 1.75. The Kier molecular flexibility index (Phi) is 9.92. The summed E-state index contributed by atoms with van der Waals surface area (Å²) in [5, 5.41) is 0. The zero-order valence-corrected chi connectivity index (χ0v) is 13.6. The Hall–Kier alpha value is -0.163. The van der Waals surface area contributed by atoms with Gasteiger partial charge < -0.3 is 4.74 Å². The molecular weight excluding hydrogens is 216 g/mol. The third kappa shape index (κ3) is 5.25. The van der Waals surface area contributed by atoms with Crippen LogP contribution in [-0.4, -0.2) is 59.2 Å². The second-order valence-corrected chi connectivity index (χ2v) is 4.34. The fraction of sp³-hybridized carbons (Fsp3) is 0.833. The van der Waals surface area contributed by atoms with E-state index in [-0.39, 0.29) is 6.35 Å². The average molecular weight is 244 g/mol. The molecule has 0 rings (SSSR count). The van der Waals surface area contributed by atoms with Crippen molar-refractivity contribution in [3.8, 4) is 0 Å². The van der Waals surface area contributed by atoms with Crippen LogP contribution in [0.4, 0.5) is 0 Å². The third-order valence-electron chi connectivity index (χ3n) is 2.83. The lowest BCUT2D eigenvalue weighted by Crippen LogP contribution is -2.50. The van der Waals surface area contributed by atoms with E-state index >= 15 is 0 Å². The van der Waals surface area contributed by atoms with Crippen LogP contribution >= 0.6 is 0 Å². The Morgan fingerprint density at radius 1 is 1.00 bits per heavy atom. The molecule has 0 fully saturated rings. The molecule has 0 saturated carbocycles. The predicted octanol–water partition coefficient (Wildman–Crippen LogP) is 0.849. The molecule has 0 radical (unpaired) electrons. The van der Waals surface area contributed by atoms with Gasteiger partial charge in [0.1, 0.15) is 0 Å². The maximum absolute atomic E-state index is 5.96. The molecule has 0 aliphatic heterocycles. The molecule has 3 nitrogen and oxygen atoms in total. The van der Waals surface area contributed by atoms with Gasteiger partial charge in [0.15, 0.2) is 6.35 Å². The van der Waals surface area contributed by atoms with Gasteiger partial charge in [-0.15, -0.1) is 5.70 Å². The van der Waals surface area contributed by atoms with Crippen molar-refractivity contribution in [3.63, 3.8) is 0 Å². The predicted molar refractivity (Wildman–Crippen MR) is 74.7 cm³/mol. The van der Waals surface area contributed by atoms with E-state index in [4.69, 9.17) is 4.74 Å². The number of ether oxygens (including phenoxy) is 1.